The molecule has 0 atom stereocenters. The summed E-state index contributed by atoms with van der Waals surface area (Å²) in [7, 11) is 0. The van der Waals surface area contributed by atoms with Gasteiger partial charge in [-0.25, -0.2) is 4.98 Å². The summed E-state index contributed by atoms with van der Waals surface area (Å²) >= 11 is 1.73. The Balaban J connectivity index is 1.38. The highest BCUT2D eigenvalue weighted by Crippen LogP contribution is 2.33. The molecule has 0 spiro atoms. The Bertz CT molecular complexity index is 778. The van der Waals surface area contributed by atoms with Crippen molar-refractivity contribution in [2.75, 3.05) is 13.2 Å². The first-order valence-electron chi connectivity index (χ1n) is 10.2. The molecule has 4 nitrogen and oxygen atoms in total. The standard InChI is InChI=1S/C22H28N2O2S/c1-2-26-18-10-8-17(9-11-18)22-23-19-13-14-24(15-20(19)27-22)21(25)12-7-16-5-3-4-6-16/h8-11,16H,2-7,12-15H2,1H3. The van der Waals surface area contributed by atoms with Gasteiger partial charge in [-0.15, -0.1) is 11.3 Å². The molecule has 5 heteroatoms. The fourth-order valence-electron chi connectivity index (χ4n) is 4.18. The molecule has 0 unspecified atom stereocenters. The summed E-state index contributed by atoms with van der Waals surface area (Å²) in [5, 5.41) is 1.04. The van der Waals surface area contributed by atoms with Crippen LogP contribution in [0, 0.1) is 5.92 Å². The van der Waals surface area contributed by atoms with Crippen LogP contribution in [0.15, 0.2) is 24.3 Å². The van der Waals surface area contributed by atoms with Crippen LogP contribution in [-0.2, 0) is 17.8 Å². The Hall–Kier alpha value is -1.88. The van der Waals surface area contributed by atoms with Crippen LogP contribution in [0.2, 0.25) is 0 Å². The number of hydrogen-bond acceptors (Lipinski definition) is 4. The van der Waals surface area contributed by atoms with Crippen molar-refractivity contribution >= 4 is 17.2 Å². The highest BCUT2D eigenvalue weighted by molar-refractivity contribution is 7.15. The zero-order valence-electron chi connectivity index (χ0n) is 16.1. The molecule has 2 heterocycles. The Kier molecular flexibility index (Phi) is 5.77. The summed E-state index contributed by atoms with van der Waals surface area (Å²) in [6.45, 7) is 4.20. The van der Waals surface area contributed by atoms with E-state index in [1.54, 1.807) is 11.3 Å². The number of ether oxygens (including phenoxy) is 1. The number of nitrogens with zero attached hydrogens (tertiary/aromatic N) is 2. The molecule has 27 heavy (non-hydrogen) atoms. The van der Waals surface area contributed by atoms with Crippen LogP contribution in [0.3, 0.4) is 0 Å². The first-order chi connectivity index (χ1) is 13.2. The van der Waals surface area contributed by atoms with Crippen LogP contribution < -0.4 is 4.74 Å². The van der Waals surface area contributed by atoms with Gasteiger partial charge in [0, 0.05) is 29.8 Å². The van der Waals surface area contributed by atoms with Crippen molar-refractivity contribution in [3.05, 3.63) is 34.8 Å². The molecule has 0 radical (unpaired) electrons. The topological polar surface area (TPSA) is 42.4 Å². The van der Waals surface area contributed by atoms with Crippen molar-refractivity contribution in [2.45, 2.75) is 58.4 Å². The van der Waals surface area contributed by atoms with Gasteiger partial charge in [0.05, 0.1) is 18.8 Å². The second-order valence-electron chi connectivity index (χ2n) is 7.60. The fourth-order valence-corrected chi connectivity index (χ4v) is 5.31. The lowest BCUT2D eigenvalue weighted by Crippen LogP contribution is -2.35. The monoisotopic (exact) mass is 384 g/mol. The zero-order valence-corrected chi connectivity index (χ0v) is 16.9. The van der Waals surface area contributed by atoms with E-state index < -0.39 is 0 Å². The minimum atomic E-state index is 0.323. The van der Waals surface area contributed by atoms with Gasteiger partial charge < -0.3 is 9.64 Å². The SMILES string of the molecule is CCOc1ccc(-c2nc3c(s2)CN(C(=O)CCC2CCCC2)CC3)cc1. The molecule has 1 amide bonds. The molecule has 1 aromatic carbocycles. The van der Waals surface area contributed by atoms with E-state index >= 15 is 0 Å². The van der Waals surface area contributed by atoms with Gasteiger partial charge in [-0.3, -0.25) is 4.79 Å². The molecule has 1 aromatic heterocycles. The number of aromatic nitrogens is 1. The number of fused-ring (bicyclic) bond motifs is 1. The number of carbonyl (C=O) groups is 1. The maximum Gasteiger partial charge on any atom is 0.222 e. The van der Waals surface area contributed by atoms with E-state index in [0.29, 0.717) is 18.9 Å². The van der Waals surface area contributed by atoms with Gasteiger partial charge in [-0.2, -0.15) is 0 Å². The lowest BCUT2D eigenvalue weighted by Gasteiger charge is -2.26. The lowest BCUT2D eigenvalue weighted by molar-refractivity contribution is -0.132. The van der Waals surface area contributed by atoms with Gasteiger partial charge in [0.2, 0.25) is 5.91 Å². The van der Waals surface area contributed by atoms with Crippen LogP contribution >= 0.6 is 11.3 Å². The van der Waals surface area contributed by atoms with E-state index in [-0.39, 0.29) is 0 Å². The van der Waals surface area contributed by atoms with Crippen molar-refractivity contribution in [3.8, 4) is 16.3 Å². The minimum Gasteiger partial charge on any atom is -0.494 e. The zero-order chi connectivity index (χ0) is 18.6. The molecule has 4 rings (SSSR count). The van der Waals surface area contributed by atoms with E-state index in [1.807, 2.05) is 24.0 Å². The van der Waals surface area contributed by atoms with E-state index in [4.69, 9.17) is 9.72 Å². The van der Waals surface area contributed by atoms with Gasteiger partial charge >= 0.3 is 0 Å². The molecule has 0 bridgehead atoms. The number of amides is 1. The van der Waals surface area contributed by atoms with Gasteiger partial charge in [0.25, 0.3) is 0 Å². The van der Waals surface area contributed by atoms with Gasteiger partial charge in [-0.05, 0) is 43.5 Å². The maximum atomic E-state index is 12.6. The highest BCUT2D eigenvalue weighted by atomic mass is 32.1. The number of hydrogen-bond donors (Lipinski definition) is 0. The molecule has 1 fully saturated rings. The van der Waals surface area contributed by atoms with E-state index in [0.717, 1.165) is 48.2 Å². The van der Waals surface area contributed by atoms with Crippen molar-refractivity contribution < 1.29 is 9.53 Å². The van der Waals surface area contributed by atoms with E-state index in [1.165, 1.54) is 36.3 Å². The number of thiazole rings is 1. The molecule has 2 aromatic rings. The minimum absolute atomic E-state index is 0.323. The Morgan fingerprint density at radius 1 is 1.26 bits per heavy atom. The quantitative estimate of drug-likeness (QED) is 0.699. The molecule has 144 valence electrons. The molecule has 0 N–H and O–H groups in total. The normalized spacial score (nSPS) is 17.1. The second kappa shape index (κ2) is 8.42. The largest absolute Gasteiger partial charge is 0.494 e. The third kappa shape index (κ3) is 4.34. The smallest absolute Gasteiger partial charge is 0.222 e. The summed E-state index contributed by atoms with van der Waals surface area (Å²) in [6.07, 6.45) is 7.99. The summed E-state index contributed by atoms with van der Waals surface area (Å²) in [4.78, 5) is 20.8. The van der Waals surface area contributed by atoms with Gasteiger partial charge in [-0.1, -0.05) is 25.7 Å². The molecule has 0 saturated heterocycles. The molecule has 1 aliphatic heterocycles. The van der Waals surface area contributed by atoms with Crippen LogP contribution in [0.5, 0.6) is 5.75 Å². The first-order valence-corrected chi connectivity index (χ1v) is 11.0. The molecule has 1 aliphatic carbocycles. The fraction of sp³-hybridized carbons (Fsp3) is 0.545. The number of benzene rings is 1. The maximum absolute atomic E-state index is 12.6. The van der Waals surface area contributed by atoms with Crippen LogP contribution in [0.25, 0.3) is 10.6 Å². The molecular weight excluding hydrogens is 356 g/mol. The van der Waals surface area contributed by atoms with Gasteiger partial charge in [0.1, 0.15) is 10.8 Å². The first kappa shape index (κ1) is 18.5. The van der Waals surface area contributed by atoms with Crippen molar-refractivity contribution in [3.63, 3.8) is 0 Å². The lowest BCUT2D eigenvalue weighted by atomic mass is 10.0. The van der Waals surface area contributed by atoms with E-state index in [2.05, 4.69) is 12.1 Å². The van der Waals surface area contributed by atoms with E-state index in [9.17, 15) is 4.79 Å². The summed E-state index contributed by atoms with van der Waals surface area (Å²) in [5.41, 5.74) is 2.29. The predicted molar refractivity (Wildman–Crippen MR) is 109 cm³/mol. The van der Waals surface area contributed by atoms with Crippen molar-refractivity contribution in [1.82, 2.24) is 9.88 Å². The third-order valence-corrected chi connectivity index (χ3v) is 6.87. The molecular formula is C22H28N2O2S. The average Bonchev–Trinajstić information content (AvgIpc) is 3.36. The van der Waals surface area contributed by atoms with Crippen LogP contribution in [0.4, 0.5) is 0 Å². The van der Waals surface area contributed by atoms with Crippen molar-refractivity contribution in [1.29, 1.82) is 0 Å². The average molecular weight is 385 g/mol. The Morgan fingerprint density at radius 2 is 2.04 bits per heavy atom. The predicted octanol–water partition coefficient (Wildman–Crippen LogP) is 5.06. The Labute approximate surface area is 165 Å². The van der Waals surface area contributed by atoms with Gasteiger partial charge in [0.15, 0.2) is 0 Å². The molecule has 1 saturated carbocycles. The Morgan fingerprint density at radius 3 is 2.78 bits per heavy atom. The van der Waals surface area contributed by atoms with Crippen LogP contribution in [0.1, 0.15) is 56.0 Å². The highest BCUT2D eigenvalue weighted by Gasteiger charge is 2.25. The van der Waals surface area contributed by atoms with Crippen LogP contribution in [-0.4, -0.2) is 28.9 Å². The summed E-state index contributed by atoms with van der Waals surface area (Å²) < 4.78 is 5.52. The third-order valence-electron chi connectivity index (χ3n) is 5.74. The number of rotatable bonds is 6. The molecule has 2 aliphatic rings. The summed E-state index contributed by atoms with van der Waals surface area (Å²) in [6, 6.07) is 8.13. The number of carbonyl (C=O) groups excluding carboxylic acids is 1. The summed E-state index contributed by atoms with van der Waals surface area (Å²) in [5.74, 6) is 1.99. The van der Waals surface area contributed by atoms with Crippen molar-refractivity contribution in [2.24, 2.45) is 5.92 Å². The second-order valence-corrected chi connectivity index (χ2v) is 8.68.